The molecule has 1 fully saturated rings. The van der Waals surface area contributed by atoms with Gasteiger partial charge in [0.15, 0.2) is 11.2 Å². The minimum absolute atomic E-state index is 0.0702. The summed E-state index contributed by atoms with van der Waals surface area (Å²) in [6.07, 6.45) is 0.369. The topological polar surface area (TPSA) is 79.6 Å². The number of aryl methyl sites for hydroxylation is 2. The molecule has 8 nitrogen and oxygen atoms in total. The molecule has 3 heterocycles. The van der Waals surface area contributed by atoms with Crippen LogP contribution in [0.25, 0.3) is 22.6 Å². The summed E-state index contributed by atoms with van der Waals surface area (Å²) in [5.41, 5.74) is 0.151. The van der Waals surface area contributed by atoms with E-state index < -0.39 is 17.4 Å². The van der Waals surface area contributed by atoms with Crippen molar-refractivity contribution in [2.75, 3.05) is 0 Å². The van der Waals surface area contributed by atoms with Crippen LogP contribution in [-0.4, -0.2) is 28.5 Å². The molecule has 4 aromatic rings. The first-order valence-electron chi connectivity index (χ1n) is 10.0. The second-order valence-electron chi connectivity index (χ2n) is 8.04. The van der Waals surface area contributed by atoms with Gasteiger partial charge < -0.3 is 4.57 Å². The fourth-order valence-corrected chi connectivity index (χ4v) is 3.92. The van der Waals surface area contributed by atoms with Gasteiger partial charge in [0.05, 0.1) is 23.9 Å². The summed E-state index contributed by atoms with van der Waals surface area (Å²) in [6.45, 7) is 0.140. The Hall–Kier alpha value is -3.63. The van der Waals surface area contributed by atoms with Crippen molar-refractivity contribution < 1.29 is 13.2 Å². The van der Waals surface area contributed by atoms with Crippen LogP contribution in [0.4, 0.5) is 13.2 Å². The molecule has 1 aromatic carbocycles. The normalized spacial score (nSPS) is 14.4. The van der Waals surface area contributed by atoms with E-state index in [0.717, 1.165) is 25.0 Å². The summed E-state index contributed by atoms with van der Waals surface area (Å²) < 4.78 is 44.7. The Balaban J connectivity index is 1.53. The zero-order valence-electron chi connectivity index (χ0n) is 17.3. The van der Waals surface area contributed by atoms with Crippen molar-refractivity contribution in [3.05, 3.63) is 68.6 Å². The van der Waals surface area contributed by atoms with Crippen molar-refractivity contribution in [3.63, 3.8) is 0 Å². The number of fused-ring (bicyclic) bond motifs is 1. The number of hydrogen-bond donors (Lipinski definition) is 0. The second-order valence-corrected chi connectivity index (χ2v) is 8.04. The summed E-state index contributed by atoms with van der Waals surface area (Å²) in [7, 11) is 3.27. The van der Waals surface area contributed by atoms with Crippen LogP contribution < -0.4 is 11.2 Å². The van der Waals surface area contributed by atoms with E-state index in [2.05, 4.69) is 10.1 Å². The van der Waals surface area contributed by atoms with E-state index in [9.17, 15) is 22.8 Å². The lowest BCUT2D eigenvalue weighted by atomic mass is 10.1. The molecule has 0 aliphatic heterocycles. The van der Waals surface area contributed by atoms with E-state index >= 15 is 0 Å². The van der Waals surface area contributed by atoms with Crippen LogP contribution >= 0.6 is 0 Å². The van der Waals surface area contributed by atoms with Crippen LogP contribution in [-0.2, 0) is 26.8 Å². The Labute approximate surface area is 179 Å². The number of rotatable bonds is 4. The van der Waals surface area contributed by atoms with E-state index in [4.69, 9.17) is 0 Å². The quantitative estimate of drug-likeness (QED) is 0.485. The summed E-state index contributed by atoms with van der Waals surface area (Å²) in [4.78, 5) is 30.1. The lowest BCUT2D eigenvalue weighted by molar-refractivity contribution is -0.137. The van der Waals surface area contributed by atoms with Crippen molar-refractivity contribution in [2.24, 2.45) is 14.1 Å². The Morgan fingerprint density at radius 1 is 1.12 bits per heavy atom. The largest absolute Gasteiger partial charge is 0.416 e. The van der Waals surface area contributed by atoms with E-state index in [1.54, 1.807) is 30.9 Å². The first kappa shape index (κ1) is 20.3. The molecule has 0 atom stereocenters. The molecule has 1 saturated carbocycles. The Kier molecular flexibility index (Phi) is 4.40. The summed E-state index contributed by atoms with van der Waals surface area (Å²) in [5, 5.41) is 4.24. The highest BCUT2D eigenvalue weighted by Gasteiger charge is 2.31. The molecule has 0 saturated heterocycles. The maximum Gasteiger partial charge on any atom is 0.416 e. The Morgan fingerprint density at radius 3 is 2.56 bits per heavy atom. The molecule has 32 heavy (non-hydrogen) atoms. The minimum Gasteiger partial charge on any atom is -0.321 e. The van der Waals surface area contributed by atoms with Gasteiger partial charge in [0.25, 0.3) is 5.56 Å². The predicted molar refractivity (Wildman–Crippen MR) is 110 cm³/mol. The molecule has 0 unspecified atom stereocenters. The van der Waals surface area contributed by atoms with Crippen molar-refractivity contribution >= 4 is 11.2 Å². The molecule has 0 radical (unpaired) electrons. The van der Waals surface area contributed by atoms with Gasteiger partial charge in [0.2, 0.25) is 0 Å². The van der Waals surface area contributed by atoms with Crippen molar-refractivity contribution in [2.45, 2.75) is 31.6 Å². The average molecular weight is 444 g/mol. The standard InChI is InChI=1S/C21H19F3N6O2/c1-27-16-18(28(2)20(32)30(19(16)31)15-6-7-15)26-17(27)13-9-25-29(11-13)10-12-4-3-5-14(8-12)21(22,23)24/h3-5,8-9,11,15H,6-7,10H2,1-2H3. The SMILES string of the molecule is Cn1c(-c2cnn(Cc3cccc(C(F)(F)F)c3)c2)nc2c1c(=O)n(C1CC1)c(=O)n2C. The summed E-state index contributed by atoms with van der Waals surface area (Å²) in [5.74, 6) is 0.441. The molecular weight excluding hydrogens is 425 g/mol. The molecule has 0 bridgehead atoms. The predicted octanol–water partition coefficient (Wildman–Crippen LogP) is 2.70. The van der Waals surface area contributed by atoms with Gasteiger partial charge in [-0.05, 0) is 30.5 Å². The number of imidazole rings is 1. The van der Waals surface area contributed by atoms with Crippen molar-refractivity contribution in [1.29, 1.82) is 0 Å². The van der Waals surface area contributed by atoms with Gasteiger partial charge in [-0.15, -0.1) is 0 Å². The van der Waals surface area contributed by atoms with Crippen LogP contribution in [0.3, 0.4) is 0 Å². The molecule has 1 aliphatic rings. The maximum atomic E-state index is 13.0. The van der Waals surface area contributed by atoms with Crippen LogP contribution in [0.1, 0.15) is 30.0 Å². The lowest BCUT2D eigenvalue weighted by Gasteiger charge is -2.08. The summed E-state index contributed by atoms with van der Waals surface area (Å²) >= 11 is 0. The van der Waals surface area contributed by atoms with Gasteiger partial charge >= 0.3 is 11.9 Å². The van der Waals surface area contributed by atoms with E-state index in [-0.39, 0.29) is 23.8 Å². The lowest BCUT2D eigenvalue weighted by Crippen LogP contribution is -2.39. The third-order valence-corrected chi connectivity index (χ3v) is 5.71. The molecule has 0 amide bonds. The molecule has 5 rings (SSSR count). The van der Waals surface area contributed by atoms with Crippen molar-refractivity contribution in [3.8, 4) is 11.4 Å². The number of hydrogen-bond acceptors (Lipinski definition) is 4. The fourth-order valence-electron chi connectivity index (χ4n) is 3.92. The summed E-state index contributed by atoms with van der Waals surface area (Å²) in [6, 6.07) is 5.00. The van der Waals surface area contributed by atoms with E-state index in [1.165, 1.54) is 26.1 Å². The van der Waals surface area contributed by atoms with Crippen LogP contribution in [0.5, 0.6) is 0 Å². The number of nitrogens with zero attached hydrogens (tertiary/aromatic N) is 6. The van der Waals surface area contributed by atoms with Gasteiger partial charge in [-0.25, -0.2) is 9.78 Å². The first-order chi connectivity index (χ1) is 15.1. The highest BCUT2D eigenvalue weighted by Crippen LogP contribution is 2.33. The third kappa shape index (κ3) is 3.24. The maximum absolute atomic E-state index is 13.0. The second kappa shape index (κ2) is 6.94. The van der Waals surface area contributed by atoms with Gasteiger partial charge in [0.1, 0.15) is 5.82 Å². The Morgan fingerprint density at radius 2 is 1.88 bits per heavy atom. The monoisotopic (exact) mass is 444 g/mol. The molecule has 11 heteroatoms. The Bertz CT molecular complexity index is 1470. The number of halogens is 3. The average Bonchev–Trinajstić information content (AvgIpc) is 3.36. The van der Waals surface area contributed by atoms with Gasteiger partial charge in [-0.2, -0.15) is 18.3 Å². The molecule has 3 aromatic heterocycles. The third-order valence-electron chi connectivity index (χ3n) is 5.71. The molecule has 0 N–H and O–H groups in total. The van der Waals surface area contributed by atoms with E-state index in [0.29, 0.717) is 22.5 Å². The number of benzene rings is 1. The smallest absolute Gasteiger partial charge is 0.321 e. The highest BCUT2D eigenvalue weighted by molar-refractivity contribution is 5.76. The van der Waals surface area contributed by atoms with Gasteiger partial charge in [0, 0.05) is 26.3 Å². The van der Waals surface area contributed by atoms with Gasteiger partial charge in [-0.3, -0.25) is 18.6 Å². The minimum atomic E-state index is -4.42. The van der Waals surface area contributed by atoms with E-state index in [1.807, 2.05) is 0 Å². The fraction of sp³-hybridized carbons (Fsp3) is 0.333. The van der Waals surface area contributed by atoms with Crippen molar-refractivity contribution in [1.82, 2.24) is 28.5 Å². The number of aromatic nitrogens is 6. The van der Waals surface area contributed by atoms with Crippen LogP contribution in [0.15, 0.2) is 46.2 Å². The molecular formula is C21H19F3N6O2. The number of alkyl halides is 3. The van der Waals surface area contributed by atoms with Crippen LogP contribution in [0, 0.1) is 0 Å². The van der Waals surface area contributed by atoms with Gasteiger partial charge in [-0.1, -0.05) is 12.1 Å². The highest BCUT2D eigenvalue weighted by atomic mass is 19.4. The zero-order chi connectivity index (χ0) is 22.8. The van der Waals surface area contributed by atoms with Crippen LogP contribution in [0.2, 0.25) is 0 Å². The zero-order valence-corrected chi connectivity index (χ0v) is 17.3. The molecule has 166 valence electrons. The molecule has 1 aliphatic carbocycles. The molecule has 0 spiro atoms. The first-order valence-corrected chi connectivity index (χ1v) is 10.0.